The number of halogens is 1. The Morgan fingerprint density at radius 1 is 0.926 bits per heavy atom. The minimum atomic E-state index is -0.109. The molecule has 0 aliphatic carbocycles. The van der Waals surface area contributed by atoms with E-state index in [4.69, 9.17) is 21.1 Å². The number of benzene rings is 2. The van der Waals surface area contributed by atoms with E-state index in [0.717, 1.165) is 5.75 Å². The smallest absolute Gasteiger partial charge is 0.260 e. The number of piperazine rings is 1. The Bertz CT molecular complexity index is 802. The fourth-order valence-corrected chi connectivity index (χ4v) is 3.09. The third-order valence-corrected chi connectivity index (χ3v) is 4.78. The van der Waals surface area contributed by atoms with Crippen LogP contribution in [0.2, 0.25) is 5.02 Å². The van der Waals surface area contributed by atoms with Crippen molar-refractivity contribution >= 4 is 23.4 Å². The highest BCUT2D eigenvalue weighted by Gasteiger charge is 2.25. The fraction of sp³-hybridized carbons (Fsp3) is 0.300. The molecule has 1 aliphatic heterocycles. The molecule has 27 heavy (non-hydrogen) atoms. The van der Waals surface area contributed by atoms with Gasteiger partial charge in [-0.3, -0.25) is 9.59 Å². The highest BCUT2D eigenvalue weighted by atomic mass is 35.5. The van der Waals surface area contributed by atoms with Gasteiger partial charge in [-0.1, -0.05) is 23.7 Å². The van der Waals surface area contributed by atoms with Crippen LogP contribution in [-0.4, -0.2) is 61.5 Å². The Kier molecular flexibility index (Phi) is 6.19. The average molecular weight is 389 g/mol. The maximum atomic E-state index is 12.6. The van der Waals surface area contributed by atoms with E-state index < -0.39 is 0 Å². The van der Waals surface area contributed by atoms with Gasteiger partial charge in [0.1, 0.15) is 11.5 Å². The Hall–Kier alpha value is -2.73. The van der Waals surface area contributed by atoms with Crippen LogP contribution in [0.25, 0.3) is 0 Å². The van der Waals surface area contributed by atoms with Crippen LogP contribution in [0.15, 0.2) is 48.5 Å². The number of rotatable bonds is 5. The van der Waals surface area contributed by atoms with Gasteiger partial charge in [0.2, 0.25) is 0 Å². The lowest BCUT2D eigenvalue weighted by Gasteiger charge is -2.34. The van der Waals surface area contributed by atoms with Crippen molar-refractivity contribution < 1.29 is 19.1 Å². The summed E-state index contributed by atoms with van der Waals surface area (Å²) in [5.41, 5.74) is 0.488. The molecule has 0 radical (unpaired) electrons. The van der Waals surface area contributed by atoms with Crippen molar-refractivity contribution in [2.24, 2.45) is 0 Å². The molecule has 2 aromatic carbocycles. The Morgan fingerprint density at radius 3 is 2.15 bits per heavy atom. The van der Waals surface area contributed by atoms with E-state index in [1.807, 2.05) is 0 Å². The zero-order valence-corrected chi connectivity index (χ0v) is 15.8. The Morgan fingerprint density at radius 2 is 1.52 bits per heavy atom. The average Bonchev–Trinajstić information content (AvgIpc) is 2.72. The first-order valence-corrected chi connectivity index (χ1v) is 9.04. The molecule has 0 spiro atoms. The van der Waals surface area contributed by atoms with Gasteiger partial charge in [-0.25, -0.2) is 0 Å². The molecule has 3 rings (SSSR count). The number of methoxy groups -OCH3 is 1. The van der Waals surface area contributed by atoms with Gasteiger partial charge < -0.3 is 19.3 Å². The number of hydrogen-bond acceptors (Lipinski definition) is 4. The van der Waals surface area contributed by atoms with Crippen molar-refractivity contribution in [3.63, 3.8) is 0 Å². The van der Waals surface area contributed by atoms with Crippen molar-refractivity contribution in [2.75, 3.05) is 39.9 Å². The first kappa shape index (κ1) is 19.0. The molecule has 0 unspecified atom stereocenters. The molecular weight excluding hydrogens is 368 g/mol. The normalized spacial score (nSPS) is 14.0. The second kappa shape index (κ2) is 8.77. The zero-order valence-electron chi connectivity index (χ0n) is 15.1. The number of carbonyl (C=O) groups is 2. The topological polar surface area (TPSA) is 59.1 Å². The molecular formula is C20H21ClN2O4. The van der Waals surface area contributed by atoms with Crippen molar-refractivity contribution in [3.8, 4) is 11.5 Å². The summed E-state index contributed by atoms with van der Waals surface area (Å²) in [6.07, 6.45) is 0. The molecule has 1 fully saturated rings. The zero-order chi connectivity index (χ0) is 19.2. The van der Waals surface area contributed by atoms with E-state index in [1.54, 1.807) is 65.4 Å². The van der Waals surface area contributed by atoms with Crippen molar-refractivity contribution in [1.82, 2.24) is 9.80 Å². The van der Waals surface area contributed by atoms with Crippen LogP contribution < -0.4 is 9.47 Å². The maximum Gasteiger partial charge on any atom is 0.260 e. The summed E-state index contributed by atoms with van der Waals surface area (Å²) in [7, 11) is 1.59. The summed E-state index contributed by atoms with van der Waals surface area (Å²) < 4.78 is 10.6. The second-order valence-electron chi connectivity index (χ2n) is 6.12. The van der Waals surface area contributed by atoms with E-state index in [1.165, 1.54) is 0 Å². The molecule has 142 valence electrons. The lowest BCUT2D eigenvalue weighted by atomic mass is 10.2. The molecule has 0 saturated carbocycles. The number of carbonyl (C=O) groups excluding carboxylic acids is 2. The van der Waals surface area contributed by atoms with Gasteiger partial charge in [0.15, 0.2) is 6.61 Å². The first-order chi connectivity index (χ1) is 13.1. The van der Waals surface area contributed by atoms with Crippen LogP contribution >= 0.6 is 11.6 Å². The molecule has 2 amide bonds. The van der Waals surface area contributed by atoms with Crippen LogP contribution in [0.1, 0.15) is 10.4 Å². The fourth-order valence-electron chi connectivity index (χ4n) is 2.87. The molecule has 1 heterocycles. The summed E-state index contributed by atoms with van der Waals surface area (Å²) in [4.78, 5) is 28.3. The highest BCUT2D eigenvalue weighted by molar-refractivity contribution is 6.33. The van der Waals surface area contributed by atoms with Gasteiger partial charge in [-0.05, 0) is 36.4 Å². The third kappa shape index (κ3) is 4.71. The standard InChI is InChI=1S/C20H21ClN2O4/c1-26-15-6-8-16(9-7-15)27-14-19(24)22-10-12-23(13-11-22)20(25)17-4-2-3-5-18(17)21/h2-9H,10-14H2,1H3. The summed E-state index contributed by atoms with van der Waals surface area (Å²) in [5, 5.41) is 0.439. The van der Waals surface area contributed by atoms with Crippen LogP contribution in [0, 0.1) is 0 Å². The van der Waals surface area contributed by atoms with Crippen LogP contribution in [-0.2, 0) is 4.79 Å². The molecule has 1 saturated heterocycles. The van der Waals surface area contributed by atoms with Crippen LogP contribution in [0.4, 0.5) is 0 Å². The molecule has 0 atom stereocenters. The van der Waals surface area contributed by atoms with E-state index >= 15 is 0 Å². The predicted octanol–water partition coefficient (Wildman–Crippen LogP) is 2.71. The lowest BCUT2D eigenvalue weighted by molar-refractivity contribution is -0.134. The highest BCUT2D eigenvalue weighted by Crippen LogP contribution is 2.19. The van der Waals surface area contributed by atoms with Crippen molar-refractivity contribution in [2.45, 2.75) is 0 Å². The predicted molar refractivity (Wildman–Crippen MR) is 102 cm³/mol. The van der Waals surface area contributed by atoms with E-state index in [9.17, 15) is 9.59 Å². The van der Waals surface area contributed by atoms with Crippen LogP contribution in [0.5, 0.6) is 11.5 Å². The largest absolute Gasteiger partial charge is 0.497 e. The lowest BCUT2D eigenvalue weighted by Crippen LogP contribution is -2.51. The quantitative estimate of drug-likeness (QED) is 0.790. The van der Waals surface area contributed by atoms with Gasteiger partial charge in [-0.15, -0.1) is 0 Å². The second-order valence-corrected chi connectivity index (χ2v) is 6.52. The molecule has 0 bridgehead atoms. The summed E-state index contributed by atoms with van der Waals surface area (Å²) >= 11 is 6.10. The van der Waals surface area contributed by atoms with E-state index in [0.29, 0.717) is 42.5 Å². The first-order valence-electron chi connectivity index (χ1n) is 8.67. The van der Waals surface area contributed by atoms with Gasteiger partial charge in [0, 0.05) is 26.2 Å². The van der Waals surface area contributed by atoms with Gasteiger partial charge >= 0.3 is 0 Å². The van der Waals surface area contributed by atoms with E-state index in [-0.39, 0.29) is 18.4 Å². The van der Waals surface area contributed by atoms with E-state index in [2.05, 4.69) is 0 Å². The van der Waals surface area contributed by atoms with Crippen molar-refractivity contribution in [3.05, 3.63) is 59.1 Å². The van der Waals surface area contributed by atoms with Gasteiger partial charge in [0.25, 0.3) is 11.8 Å². The molecule has 0 aromatic heterocycles. The van der Waals surface area contributed by atoms with Gasteiger partial charge in [-0.2, -0.15) is 0 Å². The number of amides is 2. The summed E-state index contributed by atoms with van der Waals surface area (Å²) in [6, 6.07) is 14.1. The molecule has 2 aromatic rings. The summed E-state index contributed by atoms with van der Waals surface area (Å²) in [5.74, 6) is 1.13. The third-order valence-electron chi connectivity index (χ3n) is 4.45. The molecule has 0 N–H and O–H groups in total. The minimum Gasteiger partial charge on any atom is -0.497 e. The van der Waals surface area contributed by atoms with Crippen LogP contribution in [0.3, 0.4) is 0 Å². The molecule has 7 heteroatoms. The summed E-state index contributed by atoms with van der Waals surface area (Å²) in [6.45, 7) is 1.85. The van der Waals surface area contributed by atoms with Gasteiger partial charge in [0.05, 0.1) is 17.7 Å². The SMILES string of the molecule is COc1ccc(OCC(=O)N2CCN(C(=O)c3ccccc3Cl)CC2)cc1. The number of nitrogens with zero attached hydrogens (tertiary/aromatic N) is 2. The Labute approximate surface area is 163 Å². The maximum absolute atomic E-state index is 12.6. The van der Waals surface area contributed by atoms with Crippen molar-refractivity contribution in [1.29, 1.82) is 0 Å². The monoisotopic (exact) mass is 388 g/mol. The molecule has 1 aliphatic rings. The Balaban J connectivity index is 1.48. The minimum absolute atomic E-state index is 0.0369. The molecule has 6 nitrogen and oxygen atoms in total. The number of ether oxygens (including phenoxy) is 2. The number of hydrogen-bond donors (Lipinski definition) is 0.